The average Bonchev–Trinajstić information content (AvgIpc) is 3.11. The Balaban J connectivity index is 1.55. The second-order valence-electron chi connectivity index (χ2n) is 6.66. The summed E-state index contributed by atoms with van der Waals surface area (Å²) in [5.41, 5.74) is 9.69. The van der Waals surface area contributed by atoms with E-state index in [1.807, 2.05) is 17.5 Å². The van der Waals surface area contributed by atoms with Gasteiger partial charge < -0.3 is 11.1 Å². The minimum absolute atomic E-state index is 0.264. The summed E-state index contributed by atoms with van der Waals surface area (Å²) in [4.78, 5) is 2.68. The third kappa shape index (κ3) is 3.45. The molecule has 3 aromatic heterocycles. The van der Waals surface area contributed by atoms with Gasteiger partial charge in [-0.1, -0.05) is 18.9 Å². The van der Waals surface area contributed by atoms with E-state index in [0.717, 1.165) is 36.5 Å². The second-order valence-corrected chi connectivity index (χ2v) is 8.80. The Morgan fingerprint density at radius 3 is 3.04 bits per heavy atom. The van der Waals surface area contributed by atoms with E-state index in [-0.39, 0.29) is 6.04 Å². The molecule has 1 fully saturated rings. The van der Waals surface area contributed by atoms with Crippen LogP contribution >= 0.6 is 22.7 Å². The normalized spacial score (nSPS) is 15.8. The largest absolute Gasteiger partial charge is 0.378 e. The fourth-order valence-corrected chi connectivity index (χ4v) is 5.04. The minimum Gasteiger partial charge on any atom is -0.378 e. The molecule has 0 radical (unpaired) electrons. The number of thiophene rings is 2. The first kappa shape index (κ1) is 16.0. The van der Waals surface area contributed by atoms with Crippen molar-refractivity contribution in [2.45, 2.75) is 45.2 Å². The molecule has 0 aromatic carbocycles. The van der Waals surface area contributed by atoms with E-state index < -0.39 is 0 Å². The second kappa shape index (κ2) is 6.78. The molecule has 4 rings (SSSR count). The van der Waals surface area contributed by atoms with Crippen LogP contribution in [-0.4, -0.2) is 16.2 Å². The number of aryl methyl sites for hydroxylation is 1. The Morgan fingerprint density at radius 1 is 1.42 bits per heavy atom. The Bertz CT molecular complexity index is 821. The zero-order chi connectivity index (χ0) is 16.5. The molecule has 3 heterocycles. The van der Waals surface area contributed by atoms with Crippen LogP contribution in [0.3, 0.4) is 0 Å². The van der Waals surface area contributed by atoms with Gasteiger partial charge in [0, 0.05) is 22.3 Å². The van der Waals surface area contributed by atoms with Gasteiger partial charge in [0.15, 0.2) is 0 Å². The van der Waals surface area contributed by atoms with Crippen LogP contribution in [0.25, 0.3) is 10.2 Å². The maximum Gasteiger partial charge on any atom is 0.109 e. The smallest absolute Gasteiger partial charge is 0.109 e. The fraction of sp³-hybridized carbons (Fsp3) is 0.444. The number of hydrogen-bond donors (Lipinski definition) is 2. The van der Waals surface area contributed by atoms with Crippen molar-refractivity contribution in [3.8, 4) is 0 Å². The van der Waals surface area contributed by atoms with Gasteiger partial charge in [-0.15, -0.1) is 27.8 Å². The van der Waals surface area contributed by atoms with Crippen molar-refractivity contribution >= 4 is 38.6 Å². The summed E-state index contributed by atoms with van der Waals surface area (Å²) in [5, 5.41) is 14.2. The maximum absolute atomic E-state index is 6.35. The molecular formula is C18H22N4S2. The predicted molar refractivity (Wildman–Crippen MR) is 103 cm³/mol. The number of nitrogens with two attached hydrogens (primary N) is 1. The van der Waals surface area contributed by atoms with Crippen LogP contribution < -0.4 is 11.1 Å². The number of rotatable bonds is 7. The lowest BCUT2D eigenvalue weighted by Crippen LogP contribution is -2.23. The van der Waals surface area contributed by atoms with Crippen molar-refractivity contribution in [2.24, 2.45) is 11.7 Å². The van der Waals surface area contributed by atoms with Gasteiger partial charge in [0.1, 0.15) is 5.52 Å². The van der Waals surface area contributed by atoms with Crippen molar-refractivity contribution in [1.82, 2.24) is 10.2 Å². The third-order valence-corrected chi connectivity index (χ3v) is 6.83. The van der Waals surface area contributed by atoms with E-state index >= 15 is 0 Å². The molecule has 0 spiro atoms. The molecule has 126 valence electrons. The number of anilines is 1. The summed E-state index contributed by atoms with van der Waals surface area (Å²) >= 11 is 3.59. The van der Waals surface area contributed by atoms with Crippen molar-refractivity contribution in [3.05, 3.63) is 39.0 Å². The molecule has 0 saturated heterocycles. The van der Waals surface area contributed by atoms with E-state index in [4.69, 9.17) is 5.73 Å². The molecule has 1 aliphatic rings. The van der Waals surface area contributed by atoms with Crippen molar-refractivity contribution in [1.29, 1.82) is 0 Å². The lowest BCUT2D eigenvalue weighted by atomic mass is 10.1. The average molecular weight is 359 g/mol. The van der Waals surface area contributed by atoms with E-state index in [2.05, 4.69) is 40.0 Å². The molecule has 6 heteroatoms. The molecule has 0 amide bonds. The Hall–Kier alpha value is -1.50. The highest BCUT2D eigenvalue weighted by Crippen LogP contribution is 2.37. The Morgan fingerprint density at radius 2 is 2.29 bits per heavy atom. The maximum atomic E-state index is 6.35. The van der Waals surface area contributed by atoms with Crippen LogP contribution in [0.1, 0.15) is 34.6 Å². The van der Waals surface area contributed by atoms with Crippen LogP contribution in [0.2, 0.25) is 0 Å². The first-order chi connectivity index (χ1) is 11.7. The summed E-state index contributed by atoms with van der Waals surface area (Å²) in [5.74, 6) is 0.873. The van der Waals surface area contributed by atoms with Gasteiger partial charge in [0.2, 0.25) is 0 Å². The molecule has 1 saturated carbocycles. The summed E-state index contributed by atoms with van der Waals surface area (Å²) in [6.45, 7) is 2.97. The fourth-order valence-electron chi connectivity index (χ4n) is 3.08. The highest BCUT2D eigenvalue weighted by molar-refractivity contribution is 7.19. The molecule has 4 nitrogen and oxygen atoms in total. The molecule has 0 aliphatic heterocycles. The minimum atomic E-state index is 0.264. The number of nitrogens with one attached hydrogen (secondary N) is 1. The van der Waals surface area contributed by atoms with Gasteiger partial charge in [-0.2, -0.15) is 5.10 Å². The Labute approximate surface area is 150 Å². The molecule has 0 unspecified atom stereocenters. The van der Waals surface area contributed by atoms with Crippen molar-refractivity contribution in [3.63, 3.8) is 0 Å². The van der Waals surface area contributed by atoms with E-state index in [9.17, 15) is 0 Å². The molecule has 3 aromatic rings. The van der Waals surface area contributed by atoms with E-state index in [1.165, 1.54) is 32.9 Å². The summed E-state index contributed by atoms with van der Waals surface area (Å²) < 4.78 is 1.20. The zero-order valence-electron chi connectivity index (χ0n) is 13.8. The van der Waals surface area contributed by atoms with E-state index in [1.54, 1.807) is 11.3 Å². The van der Waals surface area contributed by atoms with Crippen LogP contribution in [-0.2, 0) is 13.0 Å². The van der Waals surface area contributed by atoms with Gasteiger partial charge in [-0.3, -0.25) is 0 Å². The summed E-state index contributed by atoms with van der Waals surface area (Å²) in [6, 6.07) is 4.49. The quantitative estimate of drug-likeness (QED) is 0.659. The zero-order valence-corrected chi connectivity index (χ0v) is 15.4. The Kier molecular flexibility index (Phi) is 4.52. The lowest BCUT2D eigenvalue weighted by Gasteiger charge is -2.09. The van der Waals surface area contributed by atoms with Crippen LogP contribution in [0, 0.1) is 12.8 Å². The van der Waals surface area contributed by atoms with Crippen molar-refractivity contribution < 1.29 is 0 Å². The molecule has 3 N–H and O–H groups in total. The van der Waals surface area contributed by atoms with E-state index in [0.29, 0.717) is 0 Å². The van der Waals surface area contributed by atoms with Crippen molar-refractivity contribution in [2.75, 3.05) is 5.32 Å². The highest BCUT2D eigenvalue weighted by Gasteiger charge is 2.25. The van der Waals surface area contributed by atoms with Gasteiger partial charge in [0.05, 0.1) is 16.6 Å². The topological polar surface area (TPSA) is 63.8 Å². The number of hydrogen-bond acceptors (Lipinski definition) is 6. The lowest BCUT2D eigenvalue weighted by molar-refractivity contribution is 0.569. The van der Waals surface area contributed by atoms with Crippen LogP contribution in [0.4, 0.5) is 5.69 Å². The molecule has 24 heavy (non-hydrogen) atoms. The van der Waals surface area contributed by atoms with Crippen LogP contribution in [0.15, 0.2) is 23.7 Å². The summed E-state index contributed by atoms with van der Waals surface area (Å²) in [7, 11) is 0. The predicted octanol–water partition coefficient (Wildman–Crippen LogP) is 4.34. The van der Waals surface area contributed by atoms with Gasteiger partial charge >= 0.3 is 0 Å². The monoisotopic (exact) mass is 358 g/mol. The highest BCUT2D eigenvalue weighted by atomic mass is 32.1. The SMILES string of the molecule is Cc1c(C[C@@H](N)CC2CC2)sc2c(NCc3cccs3)cnnc12. The molecule has 0 bridgehead atoms. The van der Waals surface area contributed by atoms with Gasteiger partial charge in [0.25, 0.3) is 0 Å². The molecule has 1 atom stereocenters. The summed E-state index contributed by atoms with van der Waals surface area (Å²) in [6.07, 6.45) is 6.67. The first-order valence-electron chi connectivity index (χ1n) is 8.46. The van der Waals surface area contributed by atoms with Gasteiger partial charge in [-0.25, -0.2) is 0 Å². The molecule has 1 aliphatic carbocycles. The number of aromatic nitrogens is 2. The molecular weight excluding hydrogens is 336 g/mol. The van der Waals surface area contributed by atoms with Crippen LogP contribution in [0.5, 0.6) is 0 Å². The number of fused-ring (bicyclic) bond motifs is 1. The number of nitrogens with zero attached hydrogens (tertiary/aromatic N) is 2. The third-order valence-electron chi connectivity index (χ3n) is 4.62. The van der Waals surface area contributed by atoms with Gasteiger partial charge in [-0.05, 0) is 42.7 Å². The standard InChI is InChI=1S/C18H22N4S2/c1-11-16(8-13(19)7-12-4-5-12)24-18-15(10-21-22-17(11)18)20-9-14-3-2-6-23-14/h2-3,6,10,12-13H,4-5,7-9,19H2,1H3,(H,20,22)/t13-/m0/s1. The first-order valence-corrected chi connectivity index (χ1v) is 10.2.